The van der Waals surface area contributed by atoms with Crippen molar-refractivity contribution in [3.05, 3.63) is 53.9 Å². The first-order chi connectivity index (χ1) is 8.78. The number of oxazole rings is 1. The molecule has 3 rings (SSSR count). The zero-order chi connectivity index (χ0) is 12.5. The Kier molecular flexibility index (Phi) is 2.64. The standard InChI is InChI=1S/C14H14N2O2/c1-9-16-11(8-17-9)14(15-2)13-7-10-5-3-4-6-12(10)18-13/h3-8,14-15H,1-2H3. The van der Waals surface area contributed by atoms with E-state index in [1.165, 1.54) is 0 Å². The van der Waals surface area contributed by atoms with Gasteiger partial charge in [-0.2, -0.15) is 0 Å². The largest absolute Gasteiger partial charge is 0.459 e. The molecule has 0 radical (unpaired) electrons. The van der Waals surface area contributed by atoms with Gasteiger partial charge in [-0.25, -0.2) is 4.98 Å². The van der Waals surface area contributed by atoms with Crippen molar-refractivity contribution in [2.45, 2.75) is 13.0 Å². The summed E-state index contributed by atoms with van der Waals surface area (Å²) in [5, 5.41) is 4.28. The molecule has 1 atom stereocenters. The maximum Gasteiger partial charge on any atom is 0.191 e. The number of para-hydroxylation sites is 1. The second-order valence-corrected chi connectivity index (χ2v) is 4.20. The van der Waals surface area contributed by atoms with Crippen LogP contribution in [-0.4, -0.2) is 12.0 Å². The van der Waals surface area contributed by atoms with Crippen LogP contribution in [0.1, 0.15) is 23.4 Å². The highest BCUT2D eigenvalue weighted by atomic mass is 16.3. The summed E-state index contributed by atoms with van der Waals surface area (Å²) in [5.74, 6) is 1.49. The Labute approximate surface area is 105 Å². The molecule has 0 aliphatic carbocycles. The average Bonchev–Trinajstić information content (AvgIpc) is 2.96. The number of nitrogens with one attached hydrogen (secondary N) is 1. The maximum absolute atomic E-state index is 5.84. The predicted octanol–water partition coefficient (Wildman–Crippen LogP) is 3.04. The molecule has 0 saturated heterocycles. The number of hydrogen-bond donors (Lipinski definition) is 1. The lowest BCUT2D eigenvalue weighted by molar-refractivity contribution is 0.482. The summed E-state index contributed by atoms with van der Waals surface area (Å²) < 4.78 is 11.1. The van der Waals surface area contributed by atoms with Crippen LogP contribution in [0.5, 0.6) is 0 Å². The molecule has 3 aromatic rings. The van der Waals surface area contributed by atoms with Crippen molar-refractivity contribution in [3.63, 3.8) is 0 Å². The van der Waals surface area contributed by atoms with E-state index < -0.39 is 0 Å². The second-order valence-electron chi connectivity index (χ2n) is 4.20. The number of nitrogens with zero attached hydrogens (tertiary/aromatic N) is 1. The maximum atomic E-state index is 5.84. The molecule has 0 aliphatic heterocycles. The molecule has 2 heterocycles. The van der Waals surface area contributed by atoms with E-state index in [-0.39, 0.29) is 6.04 Å². The van der Waals surface area contributed by atoms with Gasteiger partial charge in [0.15, 0.2) is 5.89 Å². The van der Waals surface area contributed by atoms with Crippen molar-refractivity contribution < 1.29 is 8.83 Å². The van der Waals surface area contributed by atoms with Crippen LogP contribution in [0.3, 0.4) is 0 Å². The average molecular weight is 242 g/mol. The fourth-order valence-corrected chi connectivity index (χ4v) is 2.09. The third-order valence-electron chi connectivity index (χ3n) is 2.95. The quantitative estimate of drug-likeness (QED) is 0.767. The molecular formula is C14H14N2O2. The van der Waals surface area contributed by atoms with Crippen molar-refractivity contribution in [1.82, 2.24) is 10.3 Å². The molecular weight excluding hydrogens is 228 g/mol. The number of benzene rings is 1. The van der Waals surface area contributed by atoms with Gasteiger partial charge in [-0.05, 0) is 19.2 Å². The first kappa shape index (κ1) is 11.0. The van der Waals surface area contributed by atoms with Crippen LogP contribution in [0.25, 0.3) is 11.0 Å². The van der Waals surface area contributed by atoms with Gasteiger partial charge in [-0.1, -0.05) is 18.2 Å². The molecule has 0 saturated carbocycles. The second kappa shape index (κ2) is 4.31. The van der Waals surface area contributed by atoms with Crippen molar-refractivity contribution >= 4 is 11.0 Å². The minimum absolute atomic E-state index is 0.0881. The number of fused-ring (bicyclic) bond motifs is 1. The minimum Gasteiger partial charge on any atom is -0.459 e. The first-order valence-electron chi connectivity index (χ1n) is 5.85. The third-order valence-corrected chi connectivity index (χ3v) is 2.95. The third kappa shape index (κ3) is 1.80. The summed E-state index contributed by atoms with van der Waals surface area (Å²) in [7, 11) is 1.88. The Balaban J connectivity index is 2.05. The molecule has 18 heavy (non-hydrogen) atoms. The first-order valence-corrected chi connectivity index (χ1v) is 5.85. The van der Waals surface area contributed by atoms with Gasteiger partial charge >= 0.3 is 0 Å². The molecule has 4 heteroatoms. The van der Waals surface area contributed by atoms with Crippen LogP contribution in [0, 0.1) is 6.92 Å². The highest BCUT2D eigenvalue weighted by Crippen LogP contribution is 2.27. The van der Waals surface area contributed by atoms with Crippen LogP contribution in [-0.2, 0) is 0 Å². The van der Waals surface area contributed by atoms with Crippen LogP contribution < -0.4 is 5.32 Å². The summed E-state index contributed by atoms with van der Waals surface area (Å²) in [5.41, 5.74) is 1.71. The van der Waals surface area contributed by atoms with E-state index in [4.69, 9.17) is 8.83 Å². The monoisotopic (exact) mass is 242 g/mol. The van der Waals surface area contributed by atoms with Crippen molar-refractivity contribution in [2.75, 3.05) is 7.05 Å². The van der Waals surface area contributed by atoms with E-state index in [2.05, 4.69) is 10.3 Å². The van der Waals surface area contributed by atoms with Gasteiger partial charge in [0.2, 0.25) is 0 Å². The van der Waals surface area contributed by atoms with E-state index in [9.17, 15) is 0 Å². The lowest BCUT2D eigenvalue weighted by Crippen LogP contribution is -2.17. The van der Waals surface area contributed by atoms with Gasteiger partial charge in [-0.3, -0.25) is 0 Å². The molecule has 4 nitrogen and oxygen atoms in total. The number of aromatic nitrogens is 1. The van der Waals surface area contributed by atoms with Gasteiger partial charge in [0.25, 0.3) is 0 Å². The minimum atomic E-state index is -0.0881. The summed E-state index contributed by atoms with van der Waals surface area (Å²) in [6.07, 6.45) is 1.66. The molecule has 0 spiro atoms. The van der Waals surface area contributed by atoms with Crippen LogP contribution in [0.4, 0.5) is 0 Å². The van der Waals surface area contributed by atoms with E-state index in [0.29, 0.717) is 5.89 Å². The molecule has 0 amide bonds. The van der Waals surface area contributed by atoms with Gasteiger partial charge < -0.3 is 14.2 Å². The van der Waals surface area contributed by atoms with E-state index in [1.54, 1.807) is 6.26 Å². The Morgan fingerprint density at radius 3 is 2.78 bits per heavy atom. The summed E-state index contributed by atoms with van der Waals surface area (Å²) in [6.45, 7) is 1.83. The highest BCUT2D eigenvalue weighted by molar-refractivity contribution is 5.77. The molecule has 2 aromatic heterocycles. The molecule has 1 unspecified atom stereocenters. The summed E-state index contributed by atoms with van der Waals surface area (Å²) >= 11 is 0. The smallest absolute Gasteiger partial charge is 0.191 e. The Morgan fingerprint density at radius 2 is 2.11 bits per heavy atom. The van der Waals surface area contributed by atoms with Crippen LogP contribution in [0.15, 0.2) is 45.4 Å². The molecule has 92 valence electrons. The van der Waals surface area contributed by atoms with Gasteiger partial charge in [-0.15, -0.1) is 0 Å². The topological polar surface area (TPSA) is 51.2 Å². The van der Waals surface area contributed by atoms with Crippen molar-refractivity contribution in [2.24, 2.45) is 0 Å². The van der Waals surface area contributed by atoms with Crippen LogP contribution in [0.2, 0.25) is 0 Å². The normalized spacial score (nSPS) is 13.0. The number of aryl methyl sites for hydroxylation is 1. The number of furan rings is 1. The fourth-order valence-electron chi connectivity index (χ4n) is 2.09. The molecule has 0 bridgehead atoms. The number of rotatable bonds is 3. The summed E-state index contributed by atoms with van der Waals surface area (Å²) in [6, 6.07) is 9.89. The fraction of sp³-hybridized carbons (Fsp3) is 0.214. The van der Waals surface area contributed by atoms with E-state index >= 15 is 0 Å². The van der Waals surface area contributed by atoms with Crippen LogP contribution >= 0.6 is 0 Å². The lowest BCUT2D eigenvalue weighted by Gasteiger charge is -2.09. The molecule has 0 fully saturated rings. The van der Waals surface area contributed by atoms with Gasteiger partial charge in [0.05, 0.1) is 0 Å². The lowest BCUT2D eigenvalue weighted by atomic mass is 10.1. The molecule has 1 aromatic carbocycles. The summed E-state index contributed by atoms with van der Waals surface area (Å²) in [4.78, 5) is 4.34. The van der Waals surface area contributed by atoms with Crippen molar-refractivity contribution in [1.29, 1.82) is 0 Å². The Morgan fingerprint density at radius 1 is 1.28 bits per heavy atom. The van der Waals surface area contributed by atoms with E-state index in [0.717, 1.165) is 22.4 Å². The zero-order valence-corrected chi connectivity index (χ0v) is 10.3. The zero-order valence-electron chi connectivity index (χ0n) is 10.3. The van der Waals surface area contributed by atoms with Gasteiger partial charge in [0, 0.05) is 12.3 Å². The Bertz CT molecular complexity index is 636. The number of hydrogen-bond acceptors (Lipinski definition) is 4. The highest BCUT2D eigenvalue weighted by Gasteiger charge is 2.19. The molecule has 1 N–H and O–H groups in total. The van der Waals surface area contributed by atoms with Crippen molar-refractivity contribution in [3.8, 4) is 0 Å². The predicted molar refractivity (Wildman–Crippen MR) is 68.4 cm³/mol. The van der Waals surface area contributed by atoms with E-state index in [1.807, 2.05) is 44.3 Å². The Hall–Kier alpha value is -2.07. The SMILES string of the molecule is CNC(c1coc(C)n1)c1cc2ccccc2o1. The molecule has 0 aliphatic rings. The van der Waals surface area contributed by atoms with Gasteiger partial charge in [0.1, 0.15) is 29.3 Å².